The molecule has 0 N–H and O–H groups in total. The second-order valence-corrected chi connectivity index (χ2v) is 2.16. The number of rotatable bonds is 1. The third-order valence-electron chi connectivity index (χ3n) is 0.391. The van der Waals surface area contributed by atoms with Crippen molar-refractivity contribution in [3.8, 4) is 0 Å². The van der Waals surface area contributed by atoms with Crippen LogP contribution in [0.15, 0.2) is 10.4 Å². The minimum absolute atomic E-state index is 0.372. The molecule has 7 heavy (non-hydrogen) atoms. The third-order valence-corrected chi connectivity index (χ3v) is 0.834. The van der Waals surface area contributed by atoms with Crippen LogP contribution in [0.25, 0.3) is 0 Å². The molecule has 44 valence electrons. The Morgan fingerprint density at radius 3 is 2.29 bits per heavy atom. The molecule has 0 aliphatic heterocycles. The number of carbonyl (C=O) groups is 1. The Morgan fingerprint density at radius 2 is 2.29 bits per heavy atom. The van der Waals surface area contributed by atoms with E-state index in [2.05, 4.69) is 11.3 Å². The van der Waals surface area contributed by atoms with Crippen molar-refractivity contribution >= 4 is 5.97 Å². The molecule has 0 aromatic heterocycles. The van der Waals surface area contributed by atoms with E-state index in [1.165, 1.54) is 7.11 Å². The molecule has 0 spiro atoms. The Hall–Kier alpha value is -0.0497. The summed E-state index contributed by atoms with van der Waals surface area (Å²) in [6, 6.07) is 0. The summed E-state index contributed by atoms with van der Waals surface area (Å²) in [6.07, 6.45) is 0. The van der Waals surface area contributed by atoms with Gasteiger partial charge < -0.3 is 0 Å². The third kappa shape index (κ3) is 2.62. The van der Waals surface area contributed by atoms with Gasteiger partial charge in [-0.25, -0.2) is 0 Å². The van der Waals surface area contributed by atoms with Crippen molar-refractivity contribution in [1.29, 1.82) is 0 Å². The van der Waals surface area contributed by atoms with Gasteiger partial charge in [-0.05, 0) is 0 Å². The summed E-state index contributed by atoms with van der Waals surface area (Å²) in [5, 5.41) is 0. The topological polar surface area (TPSA) is 26.3 Å². The molecule has 0 heterocycles. The Labute approximate surface area is 54.5 Å². The summed E-state index contributed by atoms with van der Waals surface area (Å²) in [4.78, 5) is 10.2. The van der Waals surface area contributed by atoms with Crippen molar-refractivity contribution in [3.05, 3.63) is 10.4 Å². The molecule has 2 nitrogen and oxygen atoms in total. The molecule has 0 aromatic rings. The van der Waals surface area contributed by atoms with E-state index in [0.29, 0.717) is 3.79 Å². The average molecular weight is 282 g/mol. The number of carbonyl (C=O) groups excluding carboxylic acids is 1. The fourth-order valence-electron chi connectivity index (χ4n) is 0.103. The molecule has 0 aliphatic rings. The molecule has 0 saturated heterocycles. The van der Waals surface area contributed by atoms with Crippen molar-refractivity contribution in [2.24, 2.45) is 0 Å². The Balaban J connectivity index is 3.58. The Bertz CT molecular complexity index is 97.9. The number of ether oxygens (including phenoxy) is 1. The van der Waals surface area contributed by atoms with Crippen LogP contribution in [0.1, 0.15) is 0 Å². The van der Waals surface area contributed by atoms with E-state index >= 15 is 0 Å². The summed E-state index contributed by atoms with van der Waals surface area (Å²) >= 11 is 1.97. The normalized spacial score (nSPS) is 7.86. The second-order valence-electron chi connectivity index (χ2n) is 0.850. The predicted molar refractivity (Wildman–Crippen MR) is 21.2 cm³/mol. The number of hydrogen-bond donors (Lipinski definition) is 0. The molecular weight excluding hydrogens is 277 g/mol. The molecule has 0 fully saturated rings. The predicted octanol–water partition coefficient (Wildman–Crippen LogP) is 0.220. The van der Waals surface area contributed by atoms with E-state index in [9.17, 15) is 4.79 Å². The van der Waals surface area contributed by atoms with Gasteiger partial charge in [0.15, 0.2) is 0 Å². The number of esters is 1. The van der Waals surface area contributed by atoms with E-state index in [1.54, 1.807) is 0 Å². The zero-order chi connectivity index (χ0) is 5.86. The molecular formula is C4H5AuO2. The van der Waals surface area contributed by atoms with Gasteiger partial charge in [0.2, 0.25) is 0 Å². The summed E-state index contributed by atoms with van der Waals surface area (Å²) in [6.45, 7) is 3.33. The molecule has 0 saturated carbocycles. The summed E-state index contributed by atoms with van der Waals surface area (Å²) < 4.78 is 4.64. The molecule has 0 bridgehead atoms. The van der Waals surface area contributed by atoms with Crippen LogP contribution < -0.4 is 0 Å². The molecule has 0 rings (SSSR count). The monoisotopic (exact) mass is 282 g/mol. The van der Waals surface area contributed by atoms with E-state index < -0.39 is 0 Å². The zero-order valence-corrected chi connectivity index (χ0v) is 5.99. The van der Waals surface area contributed by atoms with Crippen LogP contribution in [0.3, 0.4) is 0 Å². The molecule has 0 radical (unpaired) electrons. The summed E-state index contributed by atoms with van der Waals surface area (Å²) in [5.41, 5.74) is 0. The molecule has 0 aliphatic carbocycles. The maximum atomic E-state index is 10.2. The summed E-state index contributed by atoms with van der Waals surface area (Å²) in [5.74, 6) is -0.372. The van der Waals surface area contributed by atoms with E-state index in [1.807, 2.05) is 21.1 Å². The van der Waals surface area contributed by atoms with Gasteiger partial charge in [-0.2, -0.15) is 0 Å². The van der Waals surface area contributed by atoms with Gasteiger partial charge in [-0.15, -0.1) is 0 Å². The number of methoxy groups -OCH3 is 1. The first-order chi connectivity index (χ1) is 3.18. The van der Waals surface area contributed by atoms with Crippen molar-refractivity contribution in [1.82, 2.24) is 0 Å². The zero-order valence-electron chi connectivity index (χ0n) is 3.83. The van der Waals surface area contributed by atoms with Gasteiger partial charge in [-0.1, -0.05) is 0 Å². The first-order valence-electron chi connectivity index (χ1n) is 1.57. The minimum atomic E-state index is -0.372. The fourth-order valence-corrected chi connectivity index (χ4v) is 0.324. The first-order valence-corrected chi connectivity index (χ1v) is 2.65. The van der Waals surface area contributed by atoms with Crippen molar-refractivity contribution in [3.63, 3.8) is 0 Å². The molecule has 0 amide bonds. The summed E-state index contributed by atoms with van der Waals surface area (Å²) in [7, 11) is 1.32. The SMILES string of the molecule is C=[C]([Au])C(=O)OC. The Kier molecular flexibility index (Phi) is 3.00. The van der Waals surface area contributed by atoms with Crippen LogP contribution >= 0.6 is 0 Å². The van der Waals surface area contributed by atoms with Gasteiger partial charge >= 0.3 is 54.0 Å². The van der Waals surface area contributed by atoms with Crippen LogP contribution in [0.2, 0.25) is 0 Å². The van der Waals surface area contributed by atoms with E-state index in [-0.39, 0.29) is 5.97 Å². The molecule has 0 atom stereocenters. The molecule has 0 unspecified atom stereocenters. The van der Waals surface area contributed by atoms with E-state index in [4.69, 9.17) is 0 Å². The average Bonchev–Trinajstić information content (AvgIpc) is 1.65. The van der Waals surface area contributed by atoms with Crippen LogP contribution in [0.5, 0.6) is 0 Å². The van der Waals surface area contributed by atoms with Gasteiger partial charge in [-0.3, -0.25) is 0 Å². The number of hydrogen-bond acceptors (Lipinski definition) is 2. The van der Waals surface area contributed by atoms with Gasteiger partial charge in [0.05, 0.1) is 0 Å². The van der Waals surface area contributed by atoms with E-state index in [0.717, 1.165) is 0 Å². The van der Waals surface area contributed by atoms with Crippen LogP contribution in [0, 0.1) is 0 Å². The van der Waals surface area contributed by atoms with Crippen molar-refractivity contribution < 1.29 is 30.6 Å². The van der Waals surface area contributed by atoms with Crippen LogP contribution in [-0.2, 0) is 30.6 Å². The van der Waals surface area contributed by atoms with Crippen molar-refractivity contribution in [2.45, 2.75) is 0 Å². The van der Waals surface area contributed by atoms with Gasteiger partial charge in [0.25, 0.3) is 0 Å². The maximum absolute atomic E-state index is 10.2. The fraction of sp³-hybridized carbons (Fsp3) is 0.250. The Morgan fingerprint density at radius 1 is 1.86 bits per heavy atom. The second kappa shape index (κ2) is 3.02. The quantitative estimate of drug-likeness (QED) is 0.391. The molecule has 0 aromatic carbocycles. The van der Waals surface area contributed by atoms with Crippen LogP contribution in [0.4, 0.5) is 0 Å². The first kappa shape index (κ1) is 6.95. The van der Waals surface area contributed by atoms with Gasteiger partial charge in [0.1, 0.15) is 0 Å². The standard InChI is InChI=1S/C4H5O2.Au/c1-3-4(5)6-2;/h1H2,2H3;. The molecule has 3 heteroatoms. The van der Waals surface area contributed by atoms with Crippen LogP contribution in [-0.4, -0.2) is 13.1 Å². The van der Waals surface area contributed by atoms with Gasteiger partial charge in [0, 0.05) is 0 Å². The van der Waals surface area contributed by atoms with Crippen molar-refractivity contribution in [2.75, 3.05) is 7.11 Å².